The summed E-state index contributed by atoms with van der Waals surface area (Å²) in [6, 6.07) is 5.35. The lowest BCUT2D eigenvalue weighted by molar-refractivity contribution is 0.0527. The summed E-state index contributed by atoms with van der Waals surface area (Å²) < 4.78 is 5.09. The van der Waals surface area contributed by atoms with E-state index in [9.17, 15) is 4.79 Å². The minimum absolute atomic E-state index is 0.0668. The van der Waals surface area contributed by atoms with Crippen molar-refractivity contribution in [1.82, 2.24) is 0 Å². The van der Waals surface area contributed by atoms with E-state index in [1.165, 1.54) is 12.8 Å². The topological polar surface area (TPSA) is 64.3 Å². The molecule has 4 nitrogen and oxygen atoms in total. The molecule has 0 saturated heterocycles. The molecule has 0 spiro atoms. The summed E-state index contributed by atoms with van der Waals surface area (Å²) in [4.78, 5) is 12.0. The fourth-order valence-corrected chi connectivity index (χ4v) is 2.65. The van der Waals surface area contributed by atoms with Crippen LogP contribution < -0.4 is 11.1 Å². The number of hydrogen-bond acceptors (Lipinski definition) is 4. The molecule has 0 aromatic heterocycles. The largest absolute Gasteiger partial charge is 0.462 e. The summed E-state index contributed by atoms with van der Waals surface area (Å²) >= 11 is 0. The second-order valence-electron chi connectivity index (χ2n) is 5.42. The number of carbonyl (C=O) groups is 1. The molecule has 0 heterocycles. The molecule has 4 heteroatoms. The van der Waals surface area contributed by atoms with E-state index >= 15 is 0 Å². The van der Waals surface area contributed by atoms with E-state index in [2.05, 4.69) is 12.2 Å². The predicted octanol–water partition coefficient (Wildman–Crippen LogP) is 3.19. The molecule has 1 aliphatic carbocycles. The smallest absolute Gasteiger partial charge is 0.340 e. The highest BCUT2D eigenvalue weighted by Crippen LogP contribution is 2.34. The molecule has 2 rings (SSSR count). The highest BCUT2D eigenvalue weighted by Gasteiger charge is 2.29. The Morgan fingerprint density at radius 3 is 2.74 bits per heavy atom. The lowest BCUT2D eigenvalue weighted by Gasteiger charge is -2.28. The fourth-order valence-electron chi connectivity index (χ4n) is 2.65. The monoisotopic (exact) mass is 262 g/mol. The number of nitrogens with two attached hydrogens (primary N) is 1. The number of nitrogen functional groups attached to an aromatic ring is 1. The van der Waals surface area contributed by atoms with Crippen LogP contribution in [0.1, 0.15) is 49.9 Å². The first kappa shape index (κ1) is 13.7. The van der Waals surface area contributed by atoms with Crippen LogP contribution in [0.5, 0.6) is 0 Å². The average molecular weight is 262 g/mol. The van der Waals surface area contributed by atoms with E-state index < -0.39 is 0 Å². The Labute approximate surface area is 114 Å². The number of carbonyl (C=O) groups excluding carboxylic acids is 1. The fraction of sp³-hybridized carbons (Fsp3) is 0.533. The number of nitrogens with one attached hydrogen (secondary N) is 1. The van der Waals surface area contributed by atoms with Gasteiger partial charge in [0.15, 0.2) is 0 Å². The van der Waals surface area contributed by atoms with Crippen molar-refractivity contribution >= 4 is 17.3 Å². The van der Waals surface area contributed by atoms with Gasteiger partial charge in [-0.25, -0.2) is 4.79 Å². The maximum Gasteiger partial charge on any atom is 0.340 e. The van der Waals surface area contributed by atoms with Crippen LogP contribution in [-0.2, 0) is 4.74 Å². The van der Waals surface area contributed by atoms with Gasteiger partial charge in [0.2, 0.25) is 0 Å². The molecule has 1 aromatic rings. The standard InChI is InChI=1S/C15H22N2O2/c1-3-19-14(18)12-10-11(16)6-7-13(12)17-15(2)8-4-5-9-15/h6-7,10,17H,3-5,8-9,16H2,1-2H3. The molecule has 0 radical (unpaired) electrons. The molecule has 19 heavy (non-hydrogen) atoms. The number of benzene rings is 1. The van der Waals surface area contributed by atoms with Crippen molar-refractivity contribution in [2.24, 2.45) is 0 Å². The van der Waals surface area contributed by atoms with Crippen molar-refractivity contribution in [3.63, 3.8) is 0 Å². The van der Waals surface area contributed by atoms with Gasteiger partial charge in [0.05, 0.1) is 12.2 Å². The van der Waals surface area contributed by atoms with Gasteiger partial charge in [0, 0.05) is 16.9 Å². The number of ether oxygens (including phenoxy) is 1. The predicted molar refractivity (Wildman–Crippen MR) is 77.3 cm³/mol. The molecule has 104 valence electrons. The van der Waals surface area contributed by atoms with Gasteiger partial charge in [0.1, 0.15) is 0 Å². The molecule has 1 saturated carbocycles. The highest BCUT2D eigenvalue weighted by molar-refractivity contribution is 5.96. The zero-order valence-electron chi connectivity index (χ0n) is 11.7. The second-order valence-corrected chi connectivity index (χ2v) is 5.42. The van der Waals surface area contributed by atoms with E-state index in [0.717, 1.165) is 18.5 Å². The lowest BCUT2D eigenvalue weighted by atomic mass is 9.99. The number of esters is 1. The van der Waals surface area contributed by atoms with Gasteiger partial charge >= 0.3 is 5.97 Å². The van der Waals surface area contributed by atoms with Crippen LogP contribution in [0.3, 0.4) is 0 Å². The number of hydrogen-bond donors (Lipinski definition) is 2. The van der Waals surface area contributed by atoms with Gasteiger partial charge in [-0.2, -0.15) is 0 Å². The SMILES string of the molecule is CCOC(=O)c1cc(N)ccc1NC1(C)CCCC1. The normalized spacial score (nSPS) is 17.2. The van der Waals surface area contributed by atoms with Gasteiger partial charge < -0.3 is 15.8 Å². The molecule has 0 bridgehead atoms. The maximum atomic E-state index is 12.0. The zero-order chi connectivity index (χ0) is 13.9. The van der Waals surface area contributed by atoms with Gasteiger partial charge in [-0.1, -0.05) is 12.8 Å². The van der Waals surface area contributed by atoms with Crippen LogP contribution in [0, 0.1) is 0 Å². The van der Waals surface area contributed by atoms with Gasteiger partial charge in [-0.15, -0.1) is 0 Å². The molecule has 3 N–H and O–H groups in total. The third kappa shape index (κ3) is 3.19. The average Bonchev–Trinajstić information content (AvgIpc) is 2.78. The minimum Gasteiger partial charge on any atom is -0.462 e. The van der Waals surface area contributed by atoms with Crippen LogP contribution in [-0.4, -0.2) is 18.1 Å². The maximum absolute atomic E-state index is 12.0. The molecule has 0 aliphatic heterocycles. The summed E-state index contributed by atoms with van der Waals surface area (Å²) in [6.07, 6.45) is 4.71. The summed E-state index contributed by atoms with van der Waals surface area (Å²) in [7, 11) is 0. The highest BCUT2D eigenvalue weighted by atomic mass is 16.5. The quantitative estimate of drug-likeness (QED) is 0.646. The summed E-state index contributed by atoms with van der Waals surface area (Å²) in [5.41, 5.74) is 7.75. The van der Waals surface area contributed by atoms with Crippen LogP contribution in [0.15, 0.2) is 18.2 Å². The van der Waals surface area contributed by atoms with Crippen LogP contribution in [0.4, 0.5) is 11.4 Å². The lowest BCUT2D eigenvalue weighted by Crippen LogP contribution is -2.31. The first-order chi connectivity index (χ1) is 9.04. The van der Waals surface area contributed by atoms with Crippen LogP contribution in [0.25, 0.3) is 0 Å². The van der Waals surface area contributed by atoms with E-state index in [4.69, 9.17) is 10.5 Å². The van der Waals surface area contributed by atoms with Gasteiger partial charge in [-0.3, -0.25) is 0 Å². The second kappa shape index (κ2) is 5.51. The van der Waals surface area contributed by atoms with Crippen molar-refractivity contribution < 1.29 is 9.53 Å². The van der Waals surface area contributed by atoms with Crippen molar-refractivity contribution in [1.29, 1.82) is 0 Å². The third-order valence-corrected chi connectivity index (χ3v) is 3.68. The first-order valence-electron chi connectivity index (χ1n) is 6.89. The Balaban J connectivity index is 2.26. The van der Waals surface area contributed by atoms with E-state index in [0.29, 0.717) is 17.9 Å². The molecular formula is C15H22N2O2. The Kier molecular flexibility index (Phi) is 3.98. The minimum atomic E-state index is -0.320. The summed E-state index contributed by atoms with van der Waals surface area (Å²) in [6.45, 7) is 4.37. The zero-order valence-corrected chi connectivity index (χ0v) is 11.7. The molecule has 0 atom stereocenters. The summed E-state index contributed by atoms with van der Waals surface area (Å²) in [5.74, 6) is -0.320. The van der Waals surface area contributed by atoms with E-state index in [-0.39, 0.29) is 11.5 Å². The van der Waals surface area contributed by atoms with Crippen LogP contribution >= 0.6 is 0 Å². The third-order valence-electron chi connectivity index (χ3n) is 3.68. The first-order valence-corrected chi connectivity index (χ1v) is 6.89. The molecule has 0 unspecified atom stereocenters. The van der Waals surface area contributed by atoms with Crippen molar-refractivity contribution in [3.05, 3.63) is 23.8 Å². The Morgan fingerprint density at radius 1 is 1.42 bits per heavy atom. The molecule has 1 aromatic carbocycles. The van der Waals surface area contributed by atoms with E-state index in [1.807, 2.05) is 12.1 Å². The van der Waals surface area contributed by atoms with Gasteiger partial charge in [0.25, 0.3) is 0 Å². The molecular weight excluding hydrogens is 240 g/mol. The Bertz CT molecular complexity index is 465. The number of anilines is 2. The number of rotatable bonds is 4. The van der Waals surface area contributed by atoms with Crippen molar-refractivity contribution in [2.75, 3.05) is 17.7 Å². The summed E-state index contributed by atoms with van der Waals surface area (Å²) in [5, 5.41) is 3.50. The van der Waals surface area contributed by atoms with Gasteiger partial charge in [-0.05, 0) is 44.9 Å². The Morgan fingerprint density at radius 2 is 2.11 bits per heavy atom. The van der Waals surface area contributed by atoms with Crippen molar-refractivity contribution in [2.45, 2.75) is 45.1 Å². The van der Waals surface area contributed by atoms with Crippen molar-refractivity contribution in [3.8, 4) is 0 Å². The molecule has 0 amide bonds. The molecule has 1 fully saturated rings. The molecule has 1 aliphatic rings. The van der Waals surface area contributed by atoms with Crippen LogP contribution in [0.2, 0.25) is 0 Å². The Hall–Kier alpha value is -1.71. The van der Waals surface area contributed by atoms with E-state index in [1.54, 1.807) is 13.0 Å².